The average Bonchev–Trinajstić information content (AvgIpc) is 2.43. The highest BCUT2D eigenvalue weighted by atomic mass is 15.2. The molecule has 1 fully saturated rings. The van der Waals surface area contributed by atoms with Gasteiger partial charge >= 0.3 is 0 Å². The average molecular weight is 171 g/mol. The predicted octanol–water partition coefficient (Wildman–Crippen LogP) is 3.67. The van der Waals surface area contributed by atoms with Gasteiger partial charge in [0, 0.05) is 18.8 Å². The van der Waals surface area contributed by atoms with Gasteiger partial charge in [0.05, 0.1) is 0 Å². The van der Waals surface area contributed by atoms with Gasteiger partial charge in [-0.15, -0.1) is 0 Å². The SMILES string of the molecule is C=C1CCC(C)N1C.CC.CC. The number of rotatable bonds is 0. The van der Waals surface area contributed by atoms with Crippen LogP contribution in [0, 0.1) is 0 Å². The first-order valence-electron chi connectivity index (χ1n) is 5.12. The molecule has 74 valence electrons. The first kappa shape index (κ1) is 14.1. The van der Waals surface area contributed by atoms with E-state index in [0.717, 1.165) is 6.04 Å². The third kappa shape index (κ3) is 4.42. The van der Waals surface area contributed by atoms with Crippen LogP contribution in [0.15, 0.2) is 12.3 Å². The van der Waals surface area contributed by atoms with Crippen molar-refractivity contribution in [1.29, 1.82) is 0 Å². The molecule has 0 aromatic carbocycles. The molecule has 1 nitrogen and oxygen atoms in total. The highest BCUT2D eigenvalue weighted by Gasteiger charge is 2.17. The smallest absolute Gasteiger partial charge is 0.0258 e. The number of nitrogens with zero attached hydrogens (tertiary/aromatic N) is 1. The molecule has 0 aromatic rings. The van der Waals surface area contributed by atoms with E-state index in [1.54, 1.807) is 0 Å². The molecule has 1 atom stereocenters. The van der Waals surface area contributed by atoms with E-state index in [1.165, 1.54) is 18.5 Å². The van der Waals surface area contributed by atoms with Crippen LogP contribution in [0.2, 0.25) is 0 Å². The summed E-state index contributed by atoms with van der Waals surface area (Å²) in [5.41, 5.74) is 1.29. The highest BCUT2D eigenvalue weighted by Crippen LogP contribution is 2.22. The summed E-state index contributed by atoms with van der Waals surface area (Å²) >= 11 is 0. The monoisotopic (exact) mass is 171 g/mol. The molecule has 1 aliphatic heterocycles. The van der Waals surface area contributed by atoms with Crippen molar-refractivity contribution in [3.8, 4) is 0 Å². The molecule has 1 heterocycles. The fourth-order valence-electron chi connectivity index (χ4n) is 1.06. The second-order valence-electron chi connectivity index (χ2n) is 2.56. The maximum atomic E-state index is 3.91. The van der Waals surface area contributed by atoms with E-state index < -0.39 is 0 Å². The van der Waals surface area contributed by atoms with Gasteiger partial charge in [-0.3, -0.25) is 0 Å². The predicted molar refractivity (Wildman–Crippen MR) is 58.3 cm³/mol. The van der Waals surface area contributed by atoms with Crippen LogP contribution in [-0.2, 0) is 0 Å². The molecule has 0 bridgehead atoms. The number of likely N-dealkylation sites (tertiary alicyclic amines) is 1. The standard InChI is InChI=1S/C7H13N.2C2H6/c1-6-4-5-7(2)8(6)3;2*1-2/h7H,1,4-5H2,2-3H3;2*1-2H3. The van der Waals surface area contributed by atoms with Crippen LogP contribution < -0.4 is 0 Å². The van der Waals surface area contributed by atoms with E-state index in [0.29, 0.717) is 0 Å². The van der Waals surface area contributed by atoms with Crippen molar-refractivity contribution in [2.24, 2.45) is 0 Å². The second kappa shape index (κ2) is 8.63. The van der Waals surface area contributed by atoms with Crippen LogP contribution in [0.3, 0.4) is 0 Å². The first-order valence-corrected chi connectivity index (χ1v) is 5.12. The van der Waals surface area contributed by atoms with E-state index in [4.69, 9.17) is 0 Å². The van der Waals surface area contributed by atoms with Gasteiger partial charge < -0.3 is 4.90 Å². The lowest BCUT2D eigenvalue weighted by atomic mass is 10.2. The molecule has 0 N–H and O–H groups in total. The Bertz CT molecular complexity index is 108. The maximum absolute atomic E-state index is 3.91. The summed E-state index contributed by atoms with van der Waals surface area (Å²) in [6, 6.07) is 0.725. The molecule has 1 heteroatoms. The minimum atomic E-state index is 0.725. The Morgan fingerprint density at radius 2 is 1.67 bits per heavy atom. The molecule has 0 saturated carbocycles. The van der Waals surface area contributed by atoms with Crippen molar-refractivity contribution in [1.82, 2.24) is 4.90 Å². The summed E-state index contributed by atoms with van der Waals surface area (Å²) in [5, 5.41) is 0. The molecule has 1 rings (SSSR count). The Balaban J connectivity index is 0. The Labute approximate surface area is 78.5 Å². The summed E-state index contributed by atoms with van der Waals surface area (Å²) in [7, 11) is 2.11. The van der Waals surface area contributed by atoms with Gasteiger partial charge in [-0.05, 0) is 19.8 Å². The first-order chi connectivity index (χ1) is 5.72. The number of allylic oxidation sites excluding steroid dienone is 1. The minimum absolute atomic E-state index is 0.725. The molecular formula is C11H25N. The Kier molecular flexibility index (Phi) is 10.1. The Morgan fingerprint density at radius 1 is 1.25 bits per heavy atom. The van der Waals surface area contributed by atoms with Crippen molar-refractivity contribution in [2.45, 2.75) is 53.5 Å². The van der Waals surface area contributed by atoms with Crippen molar-refractivity contribution >= 4 is 0 Å². The quantitative estimate of drug-likeness (QED) is 0.537. The molecule has 12 heavy (non-hydrogen) atoms. The van der Waals surface area contributed by atoms with E-state index >= 15 is 0 Å². The van der Waals surface area contributed by atoms with Crippen molar-refractivity contribution in [3.63, 3.8) is 0 Å². The van der Waals surface area contributed by atoms with Gasteiger partial charge in [0.2, 0.25) is 0 Å². The van der Waals surface area contributed by atoms with Crippen molar-refractivity contribution < 1.29 is 0 Å². The van der Waals surface area contributed by atoms with Crippen LogP contribution in [-0.4, -0.2) is 18.0 Å². The van der Waals surface area contributed by atoms with Gasteiger partial charge in [0.15, 0.2) is 0 Å². The van der Waals surface area contributed by atoms with E-state index in [-0.39, 0.29) is 0 Å². The normalized spacial score (nSPS) is 20.7. The van der Waals surface area contributed by atoms with Gasteiger partial charge in [0.1, 0.15) is 0 Å². The van der Waals surface area contributed by atoms with Crippen LogP contribution >= 0.6 is 0 Å². The fraction of sp³-hybridized carbons (Fsp3) is 0.818. The maximum Gasteiger partial charge on any atom is 0.0258 e. The summed E-state index contributed by atoms with van der Waals surface area (Å²) in [6.45, 7) is 14.1. The van der Waals surface area contributed by atoms with Crippen LogP contribution in [0.5, 0.6) is 0 Å². The fourth-order valence-corrected chi connectivity index (χ4v) is 1.06. The highest BCUT2D eigenvalue weighted by molar-refractivity contribution is 5.00. The number of hydrogen-bond donors (Lipinski definition) is 0. The lowest BCUT2D eigenvalue weighted by molar-refractivity contribution is 0.377. The summed E-state index contributed by atoms with van der Waals surface area (Å²) in [6.07, 6.45) is 2.48. The topological polar surface area (TPSA) is 3.24 Å². The van der Waals surface area contributed by atoms with Gasteiger partial charge in [-0.2, -0.15) is 0 Å². The van der Waals surface area contributed by atoms with Crippen LogP contribution in [0.4, 0.5) is 0 Å². The number of hydrogen-bond acceptors (Lipinski definition) is 1. The van der Waals surface area contributed by atoms with E-state index in [9.17, 15) is 0 Å². The molecule has 0 amide bonds. The molecule has 0 radical (unpaired) electrons. The van der Waals surface area contributed by atoms with E-state index in [1.807, 2.05) is 27.7 Å². The molecular weight excluding hydrogens is 146 g/mol. The second-order valence-corrected chi connectivity index (χ2v) is 2.56. The Hall–Kier alpha value is -0.460. The molecule has 0 aromatic heterocycles. The van der Waals surface area contributed by atoms with Gasteiger partial charge in [-0.25, -0.2) is 0 Å². The summed E-state index contributed by atoms with van der Waals surface area (Å²) < 4.78 is 0. The molecule has 1 unspecified atom stereocenters. The summed E-state index contributed by atoms with van der Waals surface area (Å²) in [4.78, 5) is 2.25. The third-order valence-electron chi connectivity index (χ3n) is 2.01. The molecule has 0 aliphatic carbocycles. The third-order valence-corrected chi connectivity index (χ3v) is 2.01. The minimum Gasteiger partial charge on any atom is -0.376 e. The van der Waals surface area contributed by atoms with E-state index in [2.05, 4.69) is 25.5 Å². The van der Waals surface area contributed by atoms with Crippen molar-refractivity contribution in [2.75, 3.05) is 7.05 Å². The zero-order valence-electron chi connectivity index (χ0n) is 9.65. The lowest BCUT2D eigenvalue weighted by Gasteiger charge is -2.17. The molecule has 1 aliphatic rings. The lowest BCUT2D eigenvalue weighted by Crippen LogP contribution is -2.19. The van der Waals surface area contributed by atoms with Crippen LogP contribution in [0.25, 0.3) is 0 Å². The Morgan fingerprint density at radius 3 is 1.75 bits per heavy atom. The molecule has 1 saturated heterocycles. The zero-order chi connectivity index (χ0) is 10.1. The van der Waals surface area contributed by atoms with Gasteiger partial charge in [0.25, 0.3) is 0 Å². The molecule has 0 spiro atoms. The van der Waals surface area contributed by atoms with Crippen LogP contribution in [0.1, 0.15) is 47.5 Å². The van der Waals surface area contributed by atoms with Gasteiger partial charge in [-0.1, -0.05) is 34.3 Å². The largest absolute Gasteiger partial charge is 0.376 e. The summed E-state index contributed by atoms with van der Waals surface area (Å²) in [5.74, 6) is 0. The van der Waals surface area contributed by atoms with Crippen molar-refractivity contribution in [3.05, 3.63) is 12.3 Å². The zero-order valence-corrected chi connectivity index (χ0v) is 9.65.